The predicted molar refractivity (Wildman–Crippen MR) is 86.8 cm³/mol. The number of likely N-dealkylation sites (N-methyl/N-ethyl adjacent to an activating group) is 1. The van der Waals surface area contributed by atoms with Gasteiger partial charge in [-0.2, -0.15) is 0 Å². The van der Waals surface area contributed by atoms with E-state index in [1.165, 1.54) is 19.3 Å². The quantitative estimate of drug-likeness (QED) is 0.313. The molecule has 118 valence electrons. The molecule has 0 bridgehead atoms. The minimum Gasteiger partial charge on any atom is -0.388 e. The van der Waals surface area contributed by atoms with Crippen LogP contribution in [-0.4, -0.2) is 53.8 Å². The van der Waals surface area contributed by atoms with E-state index < -0.39 is 0 Å². The average molecular weight is 316 g/mol. The second-order valence-electron chi connectivity index (χ2n) is 5.81. The summed E-state index contributed by atoms with van der Waals surface area (Å²) in [5.74, 6) is 0.543. The van der Waals surface area contributed by atoms with Crippen LogP contribution in [0, 0.1) is 0 Å². The number of alkyl halides is 2. The van der Waals surface area contributed by atoms with Gasteiger partial charge in [0.05, 0.1) is 14.1 Å². The lowest BCUT2D eigenvalue weighted by atomic mass is 10.1. The first-order valence-electron chi connectivity index (χ1n) is 7.13. The molecule has 0 saturated carbocycles. The fourth-order valence-corrected chi connectivity index (χ4v) is 1.77. The van der Waals surface area contributed by atoms with Gasteiger partial charge < -0.3 is 9.59 Å². The molecule has 0 fully saturated rings. The Morgan fingerprint density at radius 1 is 1.21 bits per heavy atom. The van der Waals surface area contributed by atoms with Crippen molar-refractivity contribution in [1.82, 2.24) is 0 Å². The molecule has 0 aliphatic carbocycles. The predicted octanol–water partition coefficient (Wildman–Crippen LogP) is 3.16. The van der Waals surface area contributed by atoms with Crippen LogP contribution in [0.5, 0.6) is 0 Å². The Balaban J connectivity index is 0. The van der Waals surface area contributed by atoms with Crippen molar-refractivity contribution in [2.24, 2.45) is 5.73 Å². The Morgan fingerprint density at radius 3 is 2.00 bits per heavy atom. The summed E-state index contributed by atoms with van der Waals surface area (Å²) in [4.78, 5) is 0. The lowest BCUT2D eigenvalue weighted by Crippen LogP contribution is -2.56. The van der Waals surface area contributed by atoms with Crippen LogP contribution >= 0.6 is 23.2 Å². The summed E-state index contributed by atoms with van der Waals surface area (Å²) in [5.41, 5.74) is 6.10. The van der Waals surface area contributed by atoms with Crippen molar-refractivity contribution < 1.29 is 9.59 Å². The summed E-state index contributed by atoms with van der Waals surface area (Å²) in [6, 6.07) is 0. The minimum atomic E-state index is -0.276. The van der Waals surface area contributed by atoms with Crippen molar-refractivity contribution in [3.05, 3.63) is 0 Å². The van der Waals surface area contributed by atoms with Gasteiger partial charge in [0, 0.05) is 17.7 Å². The number of nitrogens with two attached hydrogens (primary N) is 1. The molecule has 3 atom stereocenters. The number of rotatable bonds is 8. The molecule has 19 heavy (non-hydrogen) atoms. The normalized spacial score (nSPS) is 16.3. The lowest BCUT2D eigenvalue weighted by molar-refractivity contribution is -0.917. The van der Waals surface area contributed by atoms with Gasteiger partial charge in [0.15, 0.2) is 0 Å². The number of aliphatic hydroxyl groups is 1. The van der Waals surface area contributed by atoms with E-state index >= 15 is 0 Å². The molecule has 0 aromatic rings. The molecular weight excluding hydrogens is 283 g/mol. The number of hydrogen-bond donors (Lipinski definition) is 2. The van der Waals surface area contributed by atoms with Crippen LogP contribution in [-0.2, 0) is 0 Å². The largest absolute Gasteiger partial charge is 0.388 e. The highest BCUT2D eigenvalue weighted by Crippen LogP contribution is 2.11. The van der Waals surface area contributed by atoms with Crippen LogP contribution in [0.25, 0.3) is 0 Å². The number of nitrogens with zero attached hydrogens (tertiary/aromatic N) is 1. The van der Waals surface area contributed by atoms with Gasteiger partial charge in [0.2, 0.25) is 0 Å². The third-order valence-corrected chi connectivity index (χ3v) is 3.72. The Bertz CT molecular complexity index is 200. The second-order valence-corrected chi connectivity index (χ2v) is 6.86. The maximum atomic E-state index is 9.34. The SMILES string of the molecule is CC(Cl)CCl.CCCCCC(N)[N+](C)(C)CC(C)O. The van der Waals surface area contributed by atoms with Crippen LogP contribution in [0.4, 0.5) is 0 Å². The Morgan fingerprint density at radius 2 is 1.68 bits per heavy atom. The van der Waals surface area contributed by atoms with Crippen molar-refractivity contribution in [3.8, 4) is 0 Å². The zero-order chi connectivity index (χ0) is 15.5. The number of aliphatic hydroxyl groups excluding tert-OH is 1. The van der Waals surface area contributed by atoms with Gasteiger partial charge >= 0.3 is 0 Å². The molecule has 0 aromatic carbocycles. The molecule has 0 heterocycles. The molecule has 3 N–H and O–H groups in total. The van der Waals surface area contributed by atoms with Crippen LogP contribution in [0.3, 0.4) is 0 Å². The fourth-order valence-electron chi connectivity index (χ4n) is 1.77. The maximum absolute atomic E-state index is 9.34. The number of hydrogen-bond acceptors (Lipinski definition) is 2. The third-order valence-electron chi connectivity index (χ3n) is 2.95. The first kappa shape index (κ1) is 21.8. The highest BCUT2D eigenvalue weighted by atomic mass is 35.5. The first-order valence-corrected chi connectivity index (χ1v) is 8.10. The molecule has 0 spiro atoms. The zero-order valence-electron chi connectivity index (χ0n) is 13.2. The number of halogens is 2. The van der Waals surface area contributed by atoms with Crippen LogP contribution in [0.15, 0.2) is 0 Å². The highest BCUT2D eigenvalue weighted by molar-refractivity contribution is 6.27. The topological polar surface area (TPSA) is 46.2 Å². The first-order chi connectivity index (χ1) is 8.67. The Kier molecular flexibility index (Phi) is 14.0. The van der Waals surface area contributed by atoms with Crippen molar-refractivity contribution in [2.45, 2.75) is 64.1 Å². The molecule has 0 radical (unpaired) electrons. The van der Waals surface area contributed by atoms with Crippen molar-refractivity contribution in [3.63, 3.8) is 0 Å². The zero-order valence-corrected chi connectivity index (χ0v) is 14.7. The summed E-state index contributed by atoms with van der Waals surface area (Å²) in [5, 5.41) is 9.46. The summed E-state index contributed by atoms with van der Waals surface area (Å²) in [6.45, 7) is 6.60. The third kappa shape index (κ3) is 14.7. The summed E-state index contributed by atoms with van der Waals surface area (Å²) in [6.07, 6.45) is 4.60. The van der Waals surface area contributed by atoms with Gasteiger partial charge in [0.25, 0.3) is 0 Å². The fraction of sp³-hybridized carbons (Fsp3) is 1.00. The van der Waals surface area contributed by atoms with Gasteiger partial charge in [0.1, 0.15) is 18.8 Å². The van der Waals surface area contributed by atoms with Gasteiger partial charge in [-0.1, -0.05) is 19.8 Å². The molecule has 0 aliphatic heterocycles. The molecule has 0 saturated heterocycles. The summed E-state index contributed by atoms with van der Waals surface area (Å²) in [7, 11) is 4.17. The van der Waals surface area contributed by atoms with Gasteiger partial charge in [-0.25, -0.2) is 0 Å². The van der Waals surface area contributed by atoms with Crippen LogP contribution in [0.1, 0.15) is 46.5 Å². The maximum Gasteiger partial charge on any atom is 0.140 e. The molecule has 0 rings (SSSR count). The minimum absolute atomic E-state index is 0.122. The van der Waals surface area contributed by atoms with E-state index in [0.29, 0.717) is 10.4 Å². The Hall–Kier alpha value is 0.460. The standard InChI is InChI=1S/C11H27N2O.C3H6Cl2/c1-5-6-7-8-11(12)13(3,4)9-10(2)14;1-3(5)2-4/h10-11,14H,5-9,12H2,1-4H3;3H,2H2,1H3/q+1;. The van der Waals surface area contributed by atoms with E-state index in [1.54, 1.807) is 0 Å². The molecule has 0 aromatic heterocycles. The van der Waals surface area contributed by atoms with E-state index in [0.717, 1.165) is 13.0 Å². The molecule has 0 amide bonds. The highest BCUT2D eigenvalue weighted by Gasteiger charge is 2.25. The van der Waals surface area contributed by atoms with Crippen molar-refractivity contribution >= 4 is 23.2 Å². The monoisotopic (exact) mass is 315 g/mol. The molecule has 5 heteroatoms. The lowest BCUT2D eigenvalue weighted by Gasteiger charge is -2.36. The van der Waals surface area contributed by atoms with E-state index in [4.69, 9.17) is 28.9 Å². The van der Waals surface area contributed by atoms with Crippen molar-refractivity contribution in [1.29, 1.82) is 0 Å². The molecule has 0 aliphatic rings. The van der Waals surface area contributed by atoms with Gasteiger partial charge in [-0.15, -0.1) is 23.2 Å². The number of quaternary nitrogens is 1. The van der Waals surface area contributed by atoms with E-state index in [1.807, 2.05) is 13.8 Å². The van der Waals surface area contributed by atoms with Crippen molar-refractivity contribution in [2.75, 3.05) is 26.5 Å². The number of unbranched alkanes of at least 4 members (excludes halogenated alkanes) is 2. The smallest absolute Gasteiger partial charge is 0.140 e. The average Bonchev–Trinajstić information content (AvgIpc) is 2.28. The summed E-state index contributed by atoms with van der Waals surface area (Å²) < 4.78 is 0.710. The molecule has 3 unspecified atom stereocenters. The van der Waals surface area contributed by atoms with Gasteiger partial charge in [-0.3, -0.25) is 5.73 Å². The van der Waals surface area contributed by atoms with E-state index in [2.05, 4.69) is 21.0 Å². The molecular formula is C14H33Cl2N2O+. The molecule has 3 nitrogen and oxygen atoms in total. The van der Waals surface area contributed by atoms with Gasteiger partial charge in [-0.05, 0) is 20.3 Å². The Labute approximate surface area is 129 Å². The summed E-state index contributed by atoms with van der Waals surface area (Å²) >= 11 is 10.5. The van der Waals surface area contributed by atoms with Crippen LogP contribution in [0.2, 0.25) is 0 Å². The van der Waals surface area contributed by atoms with Crippen LogP contribution < -0.4 is 5.73 Å². The second kappa shape index (κ2) is 12.2. The van der Waals surface area contributed by atoms with E-state index in [-0.39, 0.29) is 17.6 Å². The van der Waals surface area contributed by atoms with E-state index in [9.17, 15) is 5.11 Å².